The Kier molecular flexibility index (Phi) is 4.94. The number of carboxylic acid groups (broad SMARTS) is 1. The summed E-state index contributed by atoms with van der Waals surface area (Å²) in [4.78, 5) is 25.3. The summed E-state index contributed by atoms with van der Waals surface area (Å²) in [5.41, 5.74) is 3.13. The summed E-state index contributed by atoms with van der Waals surface area (Å²) < 4.78 is 4.85. The molecule has 0 unspecified atom stereocenters. The van der Waals surface area contributed by atoms with Crippen molar-refractivity contribution in [1.82, 2.24) is 10.3 Å². The molecule has 2 rings (SSSR count). The number of aryl methyl sites for hydroxylation is 1. The van der Waals surface area contributed by atoms with Crippen LogP contribution in [0, 0.1) is 6.92 Å². The number of benzene rings is 1. The van der Waals surface area contributed by atoms with Gasteiger partial charge in [-0.1, -0.05) is 18.2 Å². The minimum atomic E-state index is -1.02. The number of H-pyrrole nitrogens is 1. The molecule has 21 heavy (non-hydrogen) atoms. The normalized spacial score (nSPS) is 10.7. The molecular formula is C15H18N2O4. The molecule has 1 aromatic carbocycles. The van der Waals surface area contributed by atoms with Gasteiger partial charge in [0.15, 0.2) is 0 Å². The molecule has 0 spiro atoms. The predicted molar refractivity (Wildman–Crippen MR) is 78.2 cm³/mol. The Morgan fingerprint density at radius 2 is 2.19 bits per heavy atom. The maximum atomic E-state index is 11.8. The zero-order valence-corrected chi connectivity index (χ0v) is 11.8. The number of carbonyl (C=O) groups excluding carboxylic acids is 1. The van der Waals surface area contributed by atoms with Crippen LogP contribution in [0.1, 0.15) is 11.1 Å². The van der Waals surface area contributed by atoms with Crippen molar-refractivity contribution < 1.29 is 19.4 Å². The van der Waals surface area contributed by atoms with Crippen LogP contribution in [0.15, 0.2) is 24.4 Å². The molecule has 0 aliphatic rings. The molecular weight excluding hydrogens is 272 g/mol. The Bertz CT molecular complexity index is 648. The van der Waals surface area contributed by atoms with E-state index >= 15 is 0 Å². The lowest BCUT2D eigenvalue weighted by molar-refractivity contribution is -0.142. The molecule has 0 bridgehead atoms. The number of rotatable bonds is 7. The molecule has 0 saturated carbocycles. The van der Waals surface area contributed by atoms with Gasteiger partial charge >= 0.3 is 5.97 Å². The first kappa shape index (κ1) is 15.1. The van der Waals surface area contributed by atoms with Gasteiger partial charge in [-0.05, 0) is 18.1 Å². The molecule has 1 amide bonds. The average Bonchev–Trinajstić information content (AvgIpc) is 2.83. The first-order chi connectivity index (χ1) is 10.1. The standard InChI is InChI=1S/C15H18N2O4/c1-10-3-2-4-12-11(8-17-15(10)12)7-13(18)16-5-6-21-9-14(19)20/h2-4,8,17H,5-7,9H2,1H3,(H,16,18)(H,19,20). The summed E-state index contributed by atoms with van der Waals surface area (Å²) in [6.45, 7) is 2.15. The fraction of sp³-hybridized carbons (Fsp3) is 0.333. The number of nitrogens with one attached hydrogen (secondary N) is 2. The molecule has 0 aliphatic carbocycles. The molecule has 1 heterocycles. The monoisotopic (exact) mass is 290 g/mol. The number of hydrogen-bond acceptors (Lipinski definition) is 3. The van der Waals surface area contributed by atoms with Crippen molar-refractivity contribution in [3.05, 3.63) is 35.5 Å². The maximum absolute atomic E-state index is 11.8. The van der Waals surface area contributed by atoms with E-state index in [0.29, 0.717) is 6.54 Å². The second-order valence-electron chi connectivity index (χ2n) is 4.78. The van der Waals surface area contributed by atoms with Gasteiger partial charge in [-0.15, -0.1) is 0 Å². The van der Waals surface area contributed by atoms with E-state index in [4.69, 9.17) is 9.84 Å². The number of amides is 1. The van der Waals surface area contributed by atoms with Crippen molar-refractivity contribution in [3.8, 4) is 0 Å². The van der Waals surface area contributed by atoms with Gasteiger partial charge < -0.3 is 20.1 Å². The Hall–Kier alpha value is -2.34. The van der Waals surface area contributed by atoms with Crippen LogP contribution in [0.25, 0.3) is 10.9 Å². The van der Waals surface area contributed by atoms with Gasteiger partial charge in [0.2, 0.25) is 5.91 Å². The number of ether oxygens (including phenoxy) is 1. The lowest BCUT2D eigenvalue weighted by Gasteiger charge is -2.05. The second-order valence-corrected chi connectivity index (χ2v) is 4.78. The summed E-state index contributed by atoms with van der Waals surface area (Å²) in [6, 6.07) is 5.96. The van der Waals surface area contributed by atoms with Gasteiger partial charge in [0.25, 0.3) is 0 Å². The average molecular weight is 290 g/mol. The van der Waals surface area contributed by atoms with Gasteiger partial charge in [0.05, 0.1) is 13.0 Å². The van der Waals surface area contributed by atoms with E-state index in [-0.39, 0.29) is 25.5 Å². The smallest absolute Gasteiger partial charge is 0.329 e. The zero-order valence-electron chi connectivity index (χ0n) is 11.8. The van der Waals surface area contributed by atoms with Crippen molar-refractivity contribution in [2.45, 2.75) is 13.3 Å². The fourth-order valence-electron chi connectivity index (χ4n) is 2.17. The number of carbonyl (C=O) groups is 2. The molecule has 6 heteroatoms. The summed E-state index contributed by atoms with van der Waals surface area (Å²) in [7, 11) is 0. The van der Waals surface area contributed by atoms with Crippen LogP contribution in [0.4, 0.5) is 0 Å². The minimum Gasteiger partial charge on any atom is -0.480 e. The third kappa shape index (κ3) is 4.06. The molecule has 112 valence electrons. The Morgan fingerprint density at radius 3 is 2.95 bits per heavy atom. The molecule has 0 atom stereocenters. The summed E-state index contributed by atoms with van der Waals surface area (Å²) in [6.07, 6.45) is 2.13. The van der Waals surface area contributed by atoms with Crippen molar-refractivity contribution in [3.63, 3.8) is 0 Å². The number of fused-ring (bicyclic) bond motifs is 1. The molecule has 0 radical (unpaired) electrons. The molecule has 2 aromatic rings. The minimum absolute atomic E-state index is 0.115. The third-order valence-electron chi connectivity index (χ3n) is 3.15. The Balaban J connectivity index is 1.84. The van der Waals surface area contributed by atoms with E-state index in [0.717, 1.165) is 22.0 Å². The van der Waals surface area contributed by atoms with Gasteiger partial charge in [-0.2, -0.15) is 0 Å². The van der Waals surface area contributed by atoms with E-state index in [2.05, 4.69) is 10.3 Å². The van der Waals surface area contributed by atoms with Gasteiger partial charge in [0.1, 0.15) is 6.61 Å². The number of hydrogen-bond donors (Lipinski definition) is 3. The largest absolute Gasteiger partial charge is 0.480 e. The van der Waals surface area contributed by atoms with Crippen molar-refractivity contribution in [1.29, 1.82) is 0 Å². The van der Waals surface area contributed by atoms with Crippen LogP contribution < -0.4 is 5.32 Å². The molecule has 0 saturated heterocycles. The van der Waals surface area contributed by atoms with Crippen LogP contribution in [-0.4, -0.2) is 41.7 Å². The van der Waals surface area contributed by atoms with Crippen LogP contribution >= 0.6 is 0 Å². The highest BCUT2D eigenvalue weighted by Crippen LogP contribution is 2.21. The number of aliphatic carboxylic acids is 1. The molecule has 0 aliphatic heterocycles. The molecule has 1 aromatic heterocycles. The van der Waals surface area contributed by atoms with Gasteiger partial charge in [-0.3, -0.25) is 4.79 Å². The fourth-order valence-corrected chi connectivity index (χ4v) is 2.17. The maximum Gasteiger partial charge on any atom is 0.329 e. The van der Waals surface area contributed by atoms with Crippen LogP contribution in [0.3, 0.4) is 0 Å². The highest BCUT2D eigenvalue weighted by Gasteiger charge is 2.09. The Labute approximate surface area is 122 Å². The van der Waals surface area contributed by atoms with Gasteiger partial charge in [-0.25, -0.2) is 4.79 Å². The summed E-state index contributed by atoms with van der Waals surface area (Å²) >= 11 is 0. The molecule has 3 N–H and O–H groups in total. The highest BCUT2D eigenvalue weighted by molar-refractivity contribution is 5.90. The quantitative estimate of drug-likeness (QED) is 0.669. The van der Waals surface area contributed by atoms with Crippen molar-refractivity contribution in [2.75, 3.05) is 19.8 Å². The lowest BCUT2D eigenvalue weighted by Crippen LogP contribution is -2.29. The van der Waals surface area contributed by atoms with Crippen LogP contribution in [-0.2, 0) is 20.7 Å². The Morgan fingerprint density at radius 1 is 1.38 bits per heavy atom. The number of carboxylic acids is 1. The molecule has 0 fully saturated rings. The van der Waals surface area contributed by atoms with Crippen molar-refractivity contribution in [2.24, 2.45) is 0 Å². The van der Waals surface area contributed by atoms with Gasteiger partial charge in [0, 0.05) is 23.6 Å². The second kappa shape index (κ2) is 6.90. The van der Waals surface area contributed by atoms with E-state index in [1.165, 1.54) is 0 Å². The number of para-hydroxylation sites is 1. The summed E-state index contributed by atoms with van der Waals surface area (Å²) in [5, 5.41) is 12.2. The third-order valence-corrected chi connectivity index (χ3v) is 3.15. The van der Waals surface area contributed by atoms with E-state index in [1.54, 1.807) is 0 Å². The number of aromatic amines is 1. The summed E-state index contributed by atoms with van der Waals surface area (Å²) in [5.74, 6) is -1.13. The zero-order chi connectivity index (χ0) is 15.2. The predicted octanol–water partition coefficient (Wildman–Crippen LogP) is 1.24. The molecule has 6 nitrogen and oxygen atoms in total. The van der Waals surface area contributed by atoms with E-state index < -0.39 is 5.97 Å². The topological polar surface area (TPSA) is 91.4 Å². The first-order valence-electron chi connectivity index (χ1n) is 6.69. The number of aromatic nitrogens is 1. The first-order valence-corrected chi connectivity index (χ1v) is 6.69. The van der Waals surface area contributed by atoms with E-state index in [9.17, 15) is 9.59 Å². The van der Waals surface area contributed by atoms with Crippen LogP contribution in [0.2, 0.25) is 0 Å². The van der Waals surface area contributed by atoms with Crippen LogP contribution in [0.5, 0.6) is 0 Å². The van der Waals surface area contributed by atoms with Crippen molar-refractivity contribution >= 4 is 22.8 Å². The van der Waals surface area contributed by atoms with E-state index in [1.807, 2.05) is 31.3 Å². The lowest BCUT2D eigenvalue weighted by atomic mass is 10.1. The highest BCUT2D eigenvalue weighted by atomic mass is 16.5. The SMILES string of the molecule is Cc1cccc2c(CC(=O)NCCOCC(=O)O)c[nH]c12.